The van der Waals surface area contributed by atoms with Crippen LogP contribution in [0.4, 0.5) is 0 Å². The summed E-state index contributed by atoms with van der Waals surface area (Å²) < 4.78 is 6.87. The number of rotatable bonds is 0. The first-order valence-electron chi connectivity index (χ1n) is 2.11. The molecule has 1 heterocycles. The summed E-state index contributed by atoms with van der Waals surface area (Å²) in [6, 6.07) is 0.350. The minimum absolute atomic E-state index is 0.350. The largest absolute Gasteiger partial charge is 0.245 e. The second-order valence-electron chi connectivity index (χ2n) is 0.838. The van der Waals surface area contributed by atoms with Crippen molar-refractivity contribution in [3.8, 4) is 0 Å². The molecule has 0 radical (unpaired) electrons. The Bertz CT molecular complexity index is 140. The van der Waals surface area contributed by atoms with Gasteiger partial charge in [-0.25, -0.2) is 9.97 Å². The van der Waals surface area contributed by atoms with Gasteiger partial charge in [0.2, 0.25) is 0 Å². The Kier molecular flexibility index (Phi) is 0.572. The molecule has 0 saturated carbocycles. The minimum Gasteiger partial charge on any atom is -0.245 e. The highest BCUT2D eigenvalue weighted by Gasteiger charge is 1.59. The predicted octanol–water partition coefficient (Wildman–Crippen LogP) is 0.477. The molecular formula is C4H4N2. The Hall–Kier alpha value is -0.920. The van der Waals surface area contributed by atoms with E-state index in [4.69, 9.17) is 1.37 Å². The zero-order valence-electron chi connectivity index (χ0n) is 4.13. The Balaban J connectivity index is 3.02. The fourth-order valence-electron chi connectivity index (χ4n) is 0.225. The first kappa shape index (κ1) is 2.29. The molecule has 0 fully saturated rings. The molecule has 0 N–H and O–H groups in total. The number of aromatic nitrogens is 2. The molecule has 0 aliphatic heterocycles. The lowest BCUT2D eigenvalue weighted by molar-refractivity contribution is 1.17. The summed E-state index contributed by atoms with van der Waals surface area (Å²) in [6.07, 6.45) is 4.28. The summed E-state index contributed by atoms with van der Waals surface area (Å²) in [5.41, 5.74) is 0. The summed E-state index contributed by atoms with van der Waals surface area (Å²) in [5.74, 6) is 0. The van der Waals surface area contributed by atoms with Gasteiger partial charge >= 0.3 is 0 Å². The molecule has 1 aromatic rings. The molecule has 1 rings (SSSR count). The quantitative estimate of drug-likeness (QED) is 0.454. The maximum Gasteiger partial charge on any atom is 0.115 e. The highest BCUT2D eigenvalue weighted by atomic mass is 14.8. The third-order valence-electron chi connectivity index (χ3n) is 0.431. The van der Waals surface area contributed by atoms with Crippen LogP contribution in [0.15, 0.2) is 24.8 Å². The van der Waals surface area contributed by atoms with E-state index in [1.54, 1.807) is 0 Å². The van der Waals surface area contributed by atoms with Gasteiger partial charge < -0.3 is 0 Å². The lowest BCUT2D eigenvalue weighted by atomic mass is 10.7. The summed E-state index contributed by atoms with van der Waals surface area (Å²) in [6.45, 7) is 0. The van der Waals surface area contributed by atoms with Crippen LogP contribution in [-0.2, 0) is 0 Å². The molecule has 0 spiro atoms. The van der Waals surface area contributed by atoms with Gasteiger partial charge in [0.05, 0.1) is 1.37 Å². The summed E-state index contributed by atoms with van der Waals surface area (Å²) in [5, 5.41) is 0. The zero-order chi connectivity index (χ0) is 5.11. The second kappa shape index (κ2) is 1.50. The van der Waals surface area contributed by atoms with Gasteiger partial charge in [-0.1, -0.05) is 0 Å². The normalized spacial score (nSPS) is 10.3. The topological polar surface area (TPSA) is 25.8 Å². The lowest BCUT2D eigenvalue weighted by Gasteiger charge is -1.70. The van der Waals surface area contributed by atoms with Crippen molar-refractivity contribution in [3.05, 3.63) is 24.8 Å². The molecule has 0 atom stereocenters. The first-order valence-corrected chi connectivity index (χ1v) is 1.61. The molecular weight excluding hydrogens is 76.1 g/mol. The van der Waals surface area contributed by atoms with E-state index in [9.17, 15) is 0 Å². The Morgan fingerprint density at radius 2 is 2.00 bits per heavy atom. The smallest absolute Gasteiger partial charge is 0.115 e. The highest BCUT2D eigenvalue weighted by molar-refractivity contribution is 4.74. The first-order chi connectivity index (χ1) is 3.39. The maximum absolute atomic E-state index is 6.87. The number of nitrogens with zero attached hydrogens (tertiary/aromatic N) is 2. The molecule has 0 bridgehead atoms. The average Bonchev–Trinajstić information content (AvgIpc) is 1.69. The molecule has 1 aromatic heterocycles. The maximum atomic E-state index is 6.87. The van der Waals surface area contributed by atoms with Crippen LogP contribution in [0.25, 0.3) is 0 Å². The third kappa shape index (κ3) is 0.516. The summed E-state index contributed by atoms with van der Waals surface area (Å²) in [4.78, 5) is 7.17. The van der Waals surface area contributed by atoms with Crippen LogP contribution in [0.1, 0.15) is 1.37 Å². The molecule has 2 nitrogen and oxygen atoms in total. The van der Waals surface area contributed by atoms with Gasteiger partial charge in [0.25, 0.3) is 0 Å². The fraction of sp³-hybridized carbons (Fsp3) is 0. The molecule has 2 heteroatoms. The van der Waals surface area contributed by atoms with E-state index in [0.29, 0.717) is 6.04 Å². The molecule has 0 aliphatic carbocycles. The van der Waals surface area contributed by atoms with Crippen LogP contribution >= 0.6 is 0 Å². The predicted molar refractivity (Wildman–Crippen MR) is 22.0 cm³/mol. The minimum atomic E-state index is 0.350. The molecule has 30 valence electrons. The molecule has 0 amide bonds. The van der Waals surface area contributed by atoms with E-state index in [0.717, 1.165) is 0 Å². The molecule has 6 heavy (non-hydrogen) atoms. The molecule has 0 aromatic carbocycles. The highest BCUT2D eigenvalue weighted by Crippen LogP contribution is 1.66. The SMILES string of the molecule is [2H]c1cncnc1. The summed E-state index contributed by atoms with van der Waals surface area (Å²) in [7, 11) is 0. The Morgan fingerprint density at radius 1 is 1.33 bits per heavy atom. The molecule has 0 unspecified atom stereocenters. The van der Waals surface area contributed by atoms with E-state index in [2.05, 4.69) is 9.97 Å². The van der Waals surface area contributed by atoms with Crippen molar-refractivity contribution in [2.75, 3.05) is 0 Å². The van der Waals surface area contributed by atoms with Crippen molar-refractivity contribution >= 4 is 0 Å². The van der Waals surface area contributed by atoms with E-state index in [1.807, 2.05) is 0 Å². The van der Waals surface area contributed by atoms with Crippen LogP contribution in [0.2, 0.25) is 0 Å². The van der Waals surface area contributed by atoms with Crippen LogP contribution in [0.3, 0.4) is 0 Å². The van der Waals surface area contributed by atoms with Crippen LogP contribution in [0, 0.1) is 0 Å². The number of hydrogen-bond donors (Lipinski definition) is 0. The summed E-state index contributed by atoms with van der Waals surface area (Å²) >= 11 is 0. The fourth-order valence-corrected chi connectivity index (χ4v) is 0.225. The van der Waals surface area contributed by atoms with E-state index >= 15 is 0 Å². The van der Waals surface area contributed by atoms with Crippen molar-refractivity contribution in [2.45, 2.75) is 0 Å². The van der Waals surface area contributed by atoms with Crippen molar-refractivity contribution in [3.63, 3.8) is 0 Å². The zero-order valence-corrected chi connectivity index (χ0v) is 3.13. The average molecular weight is 81.1 g/mol. The van der Waals surface area contributed by atoms with Crippen molar-refractivity contribution in [1.82, 2.24) is 9.97 Å². The Labute approximate surface area is 37.3 Å². The van der Waals surface area contributed by atoms with Gasteiger partial charge in [0, 0.05) is 12.4 Å². The van der Waals surface area contributed by atoms with Crippen molar-refractivity contribution in [2.24, 2.45) is 0 Å². The standard InChI is InChI=1S/C4H4N2/c1-2-5-4-6-3-1/h1-4H/i1D. The van der Waals surface area contributed by atoms with E-state index in [-0.39, 0.29) is 0 Å². The third-order valence-corrected chi connectivity index (χ3v) is 0.431. The van der Waals surface area contributed by atoms with Crippen molar-refractivity contribution in [1.29, 1.82) is 0 Å². The van der Waals surface area contributed by atoms with Crippen LogP contribution in [-0.4, -0.2) is 9.97 Å². The second-order valence-corrected chi connectivity index (χ2v) is 0.838. The van der Waals surface area contributed by atoms with Gasteiger partial charge in [-0.3, -0.25) is 0 Å². The number of hydrogen-bond acceptors (Lipinski definition) is 2. The van der Waals surface area contributed by atoms with Gasteiger partial charge in [-0.2, -0.15) is 0 Å². The van der Waals surface area contributed by atoms with E-state index in [1.165, 1.54) is 18.7 Å². The van der Waals surface area contributed by atoms with E-state index < -0.39 is 0 Å². The van der Waals surface area contributed by atoms with Crippen LogP contribution in [0.5, 0.6) is 0 Å². The van der Waals surface area contributed by atoms with Crippen LogP contribution < -0.4 is 0 Å². The van der Waals surface area contributed by atoms with Gasteiger partial charge in [-0.15, -0.1) is 0 Å². The monoisotopic (exact) mass is 81.0 g/mol. The van der Waals surface area contributed by atoms with Crippen molar-refractivity contribution < 1.29 is 1.37 Å². The molecule has 0 saturated heterocycles. The molecule has 0 aliphatic rings. The van der Waals surface area contributed by atoms with Gasteiger partial charge in [-0.05, 0) is 6.04 Å². The van der Waals surface area contributed by atoms with Gasteiger partial charge in [0.15, 0.2) is 0 Å². The Morgan fingerprint density at radius 3 is 2.33 bits per heavy atom. The lowest BCUT2D eigenvalue weighted by Crippen LogP contribution is -1.66. The van der Waals surface area contributed by atoms with Gasteiger partial charge in [0.1, 0.15) is 6.33 Å².